The average Bonchev–Trinajstić information content (AvgIpc) is 3.01. The van der Waals surface area contributed by atoms with Crippen LogP contribution in [0.2, 0.25) is 0 Å². The normalized spacial score (nSPS) is 20.7. The lowest BCUT2D eigenvalue weighted by atomic mass is 10.1. The first-order chi connectivity index (χ1) is 9.98. The van der Waals surface area contributed by atoms with Crippen molar-refractivity contribution in [1.29, 1.82) is 0 Å². The molecule has 1 unspecified atom stereocenters. The van der Waals surface area contributed by atoms with Crippen LogP contribution in [0.4, 0.5) is 5.82 Å². The predicted octanol–water partition coefficient (Wildman–Crippen LogP) is 2.21. The Bertz CT molecular complexity index is 751. The van der Waals surface area contributed by atoms with Crippen LogP contribution in [0.1, 0.15) is 12.5 Å². The van der Waals surface area contributed by atoms with Crippen molar-refractivity contribution >= 4 is 27.4 Å². The molecular weight excluding hydrogens is 306 g/mol. The Morgan fingerprint density at radius 2 is 2.05 bits per heavy atom. The largest absolute Gasteiger partial charge is 0.384 e. The lowest BCUT2D eigenvalue weighted by molar-refractivity contribution is 0.508. The van der Waals surface area contributed by atoms with Crippen molar-refractivity contribution in [3.63, 3.8) is 0 Å². The fourth-order valence-corrected chi connectivity index (χ4v) is 4.67. The van der Waals surface area contributed by atoms with E-state index < -0.39 is 9.84 Å². The van der Waals surface area contributed by atoms with Gasteiger partial charge in [0.15, 0.2) is 9.84 Å². The maximum absolute atomic E-state index is 11.6. The van der Waals surface area contributed by atoms with Gasteiger partial charge in [-0.2, -0.15) is 5.10 Å². The zero-order chi connectivity index (χ0) is 15.0. The number of thioether (sulfide) groups is 1. The van der Waals surface area contributed by atoms with Crippen molar-refractivity contribution in [2.24, 2.45) is 0 Å². The molecule has 5 nitrogen and oxygen atoms in total. The minimum atomic E-state index is -2.94. The van der Waals surface area contributed by atoms with Crippen molar-refractivity contribution < 1.29 is 8.42 Å². The van der Waals surface area contributed by atoms with Gasteiger partial charge in [-0.1, -0.05) is 12.1 Å². The number of nitrogens with zero attached hydrogens (tertiary/aromatic N) is 2. The molecule has 1 fully saturated rings. The number of rotatable bonds is 3. The molecule has 0 aliphatic carbocycles. The SMILES string of the molecule is CSc1ccc(-c2cc(N)n(C3CCS(=O)(=O)C3)n2)cc1. The molecule has 0 amide bonds. The number of hydrogen-bond acceptors (Lipinski definition) is 5. The first-order valence-corrected chi connectivity index (χ1v) is 9.73. The highest BCUT2D eigenvalue weighted by molar-refractivity contribution is 7.98. The minimum absolute atomic E-state index is 0.129. The van der Waals surface area contributed by atoms with Gasteiger partial charge in [-0.25, -0.2) is 13.1 Å². The summed E-state index contributed by atoms with van der Waals surface area (Å²) in [6.45, 7) is 0. The second-order valence-electron chi connectivity index (χ2n) is 5.18. The fourth-order valence-electron chi connectivity index (χ4n) is 2.57. The van der Waals surface area contributed by atoms with E-state index in [0.29, 0.717) is 12.2 Å². The molecule has 1 aromatic heterocycles. The van der Waals surface area contributed by atoms with Crippen LogP contribution in [0.15, 0.2) is 35.2 Å². The topological polar surface area (TPSA) is 78.0 Å². The first kappa shape index (κ1) is 14.5. The maximum Gasteiger partial charge on any atom is 0.152 e. The number of nitrogens with two attached hydrogens (primary N) is 1. The molecule has 1 aliphatic rings. The minimum Gasteiger partial charge on any atom is -0.384 e. The summed E-state index contributed by atoms with van der Waals surface area (Å²) in [5.74, 6) is 0.861. The third-order valence-corrected chi connectivity index (χ3v) is 6.20. The summed E-state index contributed by atoms with van der Waals surface area (Å²) in [5.41, 5.74) is 7.77. The Balaban J connectivity index is 1.90. The van der Waals surface area contributed by atoms with E-state index in [1.165, 1.54) is 4.90 Å². The monoisotopic (exact) mass is 323 g/mol. The Kier molecular flexibility index (Phi) is 3.71. The zero-order valence-corrected chi connectivity index (χ0v) is 13.3. The Labute approximate surface area is 128 Å². The average molecular weight is 323 g/mol. The van der Waals surface area contributed by atoms with Crippen molar-refractivity contribution in [3.8, 4) is 11.3 Å². The van der Waals surface area contributed by atoms with E-state index in [1.807, 2.05) is 30.5 Å². The summed E-state index contributed by atoms with van der Waals surface area (Å²) in [6.07, 6.45) is 2.61. The summed E-state index contributed by atoms with van der Waals surface area (Å²) >= 11 is 1.68. The predicted molar refractivity (Wildman–Crippen MR) is 86.2 cm³/mol. The summed E-state index contributed by atoms with van der Waals surface area (Å²) in [7, 11) is -2.94. The lowest BCUT2D eigenvalue weighted by Gasteiger charge is -2.10. The third-order valence-electron chi connectivity index (χ3n) is 3.70. The summed E-state index contributed by atoms with van der Waals surface area (Å²) in [6, 6.07) is 9.74. The molecule has 2 heterocycles. The van der Waals surface area contributed by atoms with Gasteiger partial charge in [-0.15, -0.1) is 11.8 Å². The Morgan fingerprint density at radius 1 is 1.33 bits per heavy atom. The molecule has 0 bridgehead atoms. The highest BCUT2D eigenvalue weighted by Gasteiger charge is 2.30. The van der Waals surface area contributed by atoms with Gasteiger partial charge in [0, 0.05) is 16.5 Å². The van der Waals surface area contributed by atoms with Gasteiger partial charge in [-0.05, 0) is 24.8 Å². The number of aromatic nitrogens is 2. The summed E-state index contributed by atoms with van der Waals surface area (Å²) in [4.78, 5) is 1.19. The molecule has 7 heteroatoms. The van der Waals surface area contributed by atoms with E-state index in [-0.39, 0.29) is 17.5 Å². The number of benzene rings is 1. The van der Waals surface area contributed by atoms with Crippen LogP contribution >= 0.6 is 11.8 Å². The van der Waals surface area contributed by atoms with Crippen molar-refractivity contribution in [2.75, 3.05) is 23.5 Å². The van der Waals surface area contributed by atoms with Gasteiger partial charge in [-0.3, -0.25) is 0 Å². The highest BCUT2D eigenvalue weighted by atomic mass is 32.2. The number of nitrogen functional groups attached to an aromatic ring is 1. The number of anilines is 1. The zero-order valence-electron chi connectivity index (χ0n) is 11.7. The van der Waals surface area contributed by atoms with E-state index in [9.17, 15) is 8.42 Å². The summed E-state index contributed by atoms with van der Waals surface area (Å²) in [5, 5.41) is 4.50. The molecule has 112 valence electrons. The van der Waals surface area contributed by atoms with E-state index in [1.54, 1.807) is 22.5 Å². The van der Waals surface area contributed by atoms with Crippen LogP contribution < -0.4 is 5.73 Å². The van der Waals surface area contributed by atoms with Crippen molar-refractivity contribution in [1.82, 2.24) is 9.78 Å². The van der Waals surface area contributed by atoms with Gasteiger partial charge in [0.25, 0.3) is 0 Å². The maximum atomic E-state index is 11.6. The van der Waals surface area contributed by atoms with Gasteiger partial charge >= 0.3 is 0 Å². The van der Waals surface area contributed by atoms with E-state index in [0.717, 1.165) is 11.3 Å². The first-order valence-electron chi connectivity index (χ1n) is 6.68. The molecule has 0 spiro atoms. The van der Waals surface area contributed by atoms with Crippen molar-refractivity contribution in [3.05, 3.63) is 30.3 Å². The molecule has 0 saturated carbocycles. The van der Waals surface area contributed by atoms with Crippen LogP contribution in [0, 0.1) is 0 Å². The van der Waals surface area contributed by atoms with Crippen LogP contribution in [0.5, 0.6) is 0 Å². The van der Waals surface area contributed by atoms with Crippen LogP contribution in [0.3, 0.4) is 0 Å². The van der Waals surface area contributed by atoms with E-state index >= 15 is 0 Å². The molecule has 0 radical (unpaired) electrons. The Hall–Kier alpha value is -1.47. The molecule has 1 aliphatic heterocycles. The van der Waals surface area contributed by atoms with E-state index in [4.69, 9.17) is 5.73 Å². The molecular formula is C14H17N3O2S2. The quantitative estimate of drug-likeness (QED) is 0.876. The van der Waals surface area contributed by atoms with Gasteiger partial charge in [0.05, 0.1) is 23.2 Å². The Morgan fingerprint density at radius 3 is 2.62 bits per heavy atom. The lowest BCUT2D eigenvalue weighted by Crippen LogP contribution is -2.14. The van der Waals surface area contributed by atoms with Crippen LogP contribution in [-0.2, 0) is 9.84 Å². The van der Waals surface area contributed by atoms with Crippen LogP contribution in [0.25, 0.3) is 11.3 Å². The number of hydrogen-bond donors (Lipinski definition) is 1. The molecule has 1 aromatic carbocycles. The summed E-state index contributed by atoms with van der Waals surface area (Å²) < 4.78 is 24.8. The van der Waals surface area contributed by atoms with Crippen molar-refractivity contribution in [2.45, 2.75) is 17.4 Å². The third kappa shape index (κ3) is 2.94. The smallest absolute Gasteiger partial charge is 0.152 e. The molecule has 3 rings (SSSR count). The molecule has 1 atom stereocenters. The van der Waals surface area contributed by atoms with Crippen LogP contribution in [-0.4, -0.2) is 36.0 Å². The van der Waals surface area contributed by atoms with Gasteiger partial charge < -0.3 is 5.73 Å². The van der Waals surface area contributed by atoms with Gasteiger partial charge in [0.2, 0.25) is 0 Å². The van der Waals surface area contributed by atoms with E-state index in [2.05, 4.69) is 5.10 Å². The molecule has 2 aromatic rings. The molecule has 2 N–H and O–H groups in total. The molecule has 21 heavy (non-hydrogen) atoms. The second kappa shape index (κ2) is 5.38. The number of sulfone groups is 1. The molecule has 1 saturated heterocycles. The standard InChI is InChI=1S/C14H17N3O2S2/c1-20-12-4-2-10(3-5-12)13-8-14(15)17(16-13)11-6-7-21(18,19)9-11/h2-5,8,11H,6-7,9,15H2,1H3. The van der Waals surface area contributed by atoms with Gasteiger partial charge in [0.1, 0.15) is 5.82 Å². The fraction of sp³-hybridized carbons (Fsp3) is 0.357. The second-order valence-corrected chi connectivity index (χ2v) is 8.29. The highest BCUT2D eigenvalue weighted by Crippen LogP contribution is 2.29.